The number of amides is 2. The Morgan fingerprint density at radius 2 is 0.800 bits per heavy atom. The minimum absolute atomic E-state index is 0.228. The number of methoxy groups -OCH3 is 1. The summed E-state index contributed by atoms with van der Waals surface area (Å²) in [7, 11) is 1.33. The standard InChI is InChI=1S/C28H26N2O3.C27H24N2O3/c1-33-28(32)26(16-20-8-4-2-5-9-20)30-27(31)24-13-12-23-18-25(15-14-22(23)17-24)29-19-21-10-6-3-7-11-21;30-26(29-25(27(31)32)15-19-7-3-1-4-8-19)23-12-11-22-17-24(14-13-21(22)16-23)28-18-20-9-5-2-6-10-20/h2-15,17-18,26,29H,16,19H2,1H3,(H,30,31);1-14,16-17,25,28H,15,18H2,(H,29,30)(H,31,32). The lowest BCUT2D eigenvalue weighted by atomic mass is 10.0. The molecule has 8 aromatic carbocycles. The first-order valence-corrected chi connectivity index (χ1v) is 21.3. The SMILES string of the molecule is COC(=O)C(Cc1ccccc1)NC(=O)c1ccc2cc(NCc3ccccc3)ccc2c1.O=C(NC(Cc1ccccc1)C(=O)O)c1ccc2cc(NCc3ccccc3)ccc2c1. The van der Waals surface area contributed by atoms with Crippen LogP contribution in [0.5, 0.6) is 0 Å². The Hall–Kier alpha value is -8.24. The highest BCUT2D eigenvalue weighted by molar-refractivity contribution is 6.01. The van der Waals surface area contributed by atoms with Crippen molar-refractivity contribution in [2.24, 2.45) is 0 Å². The highest BCUT2D eigenvalue weighted by Gasteiger charge is 2.23. The van der Waals surface area contributed by atoms with Gasteiger partial charge in [0.05, 0.1) is 7.11 Å². The van der Waals surface area contributed by atoms with Crippen LogP contribution in [0.15, 0.2) is 194 Å². The van der Waals surface area contributed by atoms with E-state index in [-0.39, 0.29) is 12.3 Å². The number of ether oxygens (including phenoxy) is 1. The third-order valence-corrected chi connectivity index (χ3v) is 10.8. The fraction of sp³-hybridized carbons (Fsp3) is 0.127. The van der Waals surface area contributed by atoms with E-state index in [9.17, 15) is 24.3 Å². The van der Waals surface area contributed by atoms with E-state index in [4.69, 9.17) is 4.74 Å². The lowest BCUT2D eigenvalue weighted by Crippen LogP contribution is -2.43. The molecule has 0 radical (unpaired) electrons. The van der Waals surface area contributed by atoms with Crippen LogP contribution in [-0.4, -0.2) is 48.1 Å². The summed E-state index contributed by atoms with van der Waals surface area (Å²) in [6.45, 7) is 1.47. The third kappa shape index (κ3) is 12.9. The van der Waals surface area contributed by atoms with Crippen LogP contribution in [0.3, 0.4) is 0 Å². The van der Waals surface area contributed by atoms with E-state index in [1.165, 1.54) is 18.2 Å². The molecule has 0 aliphatic heterocycles. The average molecular weight is 863 g/mol. The summed E-state index contributed by atoms with van der Waals surface area (Å²) in [4.78, 5) is 49.6. The molecule has 0 aromatic heterocycles. The molecule has 2 unspecified atom stereocenters. The van der Waals surface area contributed by atoms with Crippen molar-refractivity contribution in [2.45, 2.75) is 38.0 Å². The topological polar surface area (TPSA) is 146 Å². The number of carboxylic acids is 1. The predicted molar refractivity (Wildman–Crippen MR) is 258 cm³/mol. The van der Waals surface area contributed by atoms with Gasteiger partial charge in [-0.1, -0.05) is 146 Å². The molecule has 0 aliphatic carbocycles. The van der Waals surface area contributed by atoms with Crippen LogP contribution in [0.2, 0.25) is 0 Å². The first kappa shape index (κ1) is 44.8. The molecule has 8 aromatic rings. The van der Waals surface area contributed by atoms with E-state index in [1.54, 1.807) is 18.2 Å². The fourth-order valence-electron chi connectivity index (χ4n) is 7.31. The van der Waals surface area contributed by atoms with Gasteiger partial charge in [-0.05, 0) is 92.3 Å². The Bertz CT molecular complexity index is 2860. The summed E-state index contributed by atoms with van der Waals surface area (Å²) in [5.74, 6) is -2.24. The number of anilines is 2. The molecule has 0 fully saturated rings. The zero-order valence-electron chi connectivity index (χ0n) is 35.9. The van der Waals surface area contributed by atoms with Crippen molar-refractivity contribution in [1.82, 2.24) is 10.6 Å². The molecule has 326 valence electrons. The molecule has 8 rings (SSSR count). The number of rotatable bonds is 16. The smallest absolute Gasteiger partial charge is 0.328 e. The number of nitrogens with one attached hydrogen (secondary N) is 4. The highest BCUT2D eigenvalue weighted by atomic mass is 16.5. The molecule has 0 bridgehead atoms. The van der Waals surface area contributed by atoms with Crippen molar-refractivity contribution in [3.8, 4) is 0 Å². The Labute approximate surface area is 378 Å². The van der Waals surface area contributed by atoms with Gasteiger partial charge < -0.3 is 31.1 Å². The van der Waals surface area contributed by atoms with Crippen molar-refractivity contribution in [3.63, 3.8) is 0 Å². The van der Waals surface area contributed by atoms with Crippen molar-refractivity contribution in [3.05, 3.63) is 228 Å². The number of hydrogen-bond acceptors (Lipinski definition) is 7. The van der Waals surface area contributed by atoms with Crippen LogP contribution in [0.1, 0.15) is 43.0 Å². The van der Waals surface area contributed by atoms with Gasteiger partial charge in [0.25, 0.3) is 11.8 Å². The van der Waals surface area contributed by atoms with Gasteiger partial charge in [0.1, 0.15) is 12.1 Å². The predicted octanol–water partition coefficient (Wildman–Crippen LogP) is 9.84. The van der Waals surface area contributed by atoms with Gasteiger partial charge in [-0.3, -0.25) is 9.59 Å². The van der Waals surface area contributed by atoms with Gasteiger partial charge in [0, 0.05) is 48.4 Å². The monoisotopic (exact) mass is 862 g/mol. The Morgan fingerprint density at radius 1 is 0.446 bits per heavy atom. The molecule has 5 N–H and O–H groups in total. The van der Waals surface area contributed by atoms with Crippen molar-refractivity contribution in [1.29, 1.82) is 0 Å². The van der Waals surface area contributed by atoms with E-state index in [1.807, 2.05) is 146 Å². The van der Waals surface area contributed by atoms with E-state index >= 15 is 0 Å². The van der Waals surface area contributed by atoms with Crippen molar-refractivity contribution >= 4 is 56.7 Å². The first-order valence-electron chi connectivity index (χ1n) is 21.3. The summed E-state index contributed by atoms with van der Waals surface area (Å²) in [5, 5.41) is 25.7. The second-order valence-electron chi connectivity index (χ2n) is 15.5. The lowest BCUT2D eigenvalue weighted by Gasteiger charge is -2.17. The van der Waals surface area contributed by atoms with E-state index in [0.717, 1.165) is 57.1 Å². The summed E-state index contributed by atoms with van der Waals surface area (Å²) in [6.07, 6.45) is 0.592. The van der Waals surface area contributed by atoms with Crippen LogP contribution in [0, 0.1) is 0 Å². The maximum Gasteiger partial charge on any atom is 0.328 e. The fourth-order valence-corrected chi connectivity index (χ4v) is 7.31. The number of benzene rings is 8. The maximum absolute atomic E-state index is 12.9. The number of carbonyl (C=O) groups is 4. The maximum atomic E-state index is 12.9. The molecule has 10 nitrogen and oxygen atoms in total. The van der Waals surface area contributed by atoms with Crippen LogP contribution < -0.4 is 21.3 Å². The van der Waals surface area contributed by atoms with Crippen LogP contribution in [0.4, 0.5) is 11.4 Å². The second-order valence-corrected chi connectivity index (χ2v) is 15.5. The van der Waals surface area contributed by atoms with E-state index < -0.39 is 29.9 Å². The minimum atomic E-state index is -1.06. The molecule has 2 atom stereocenters. The molecule has 0 spiro atoms. The summed E-state index contributed by atoms with van der Waals surface area (Å²) in [5.41, 5.74) is 7.14. The summed E-state index contributed by atoms with van der Waals surface area (Å²) < 4.78 is 4.90. The van der Waals surface area contributed by atoms with Gasteiger partial charge in [0.15, 0.2) is 0 Å². The number of aliphatic carboxylic acids is 1. The Balaban J connectivity index is 0.000000194. The molecule has 0 saturated heterocycles. The second kappa shape index (κ2) is 22.2. The van der Waals surface area contributed by atoms with Gasteiger partial charge in [-0.15, -0.1) is 0 Å². The van der Waals surface area contributed by atoms with Crippen LogP contribution >= 0.6 is 0 Å². The molecular weight excluding hydrogens is 813 g/mol. The van der Waals surface area contributed by atoms with Gasteiger partial charge in [0.2, 0.25) is 0 Å². The first-order chi connectivity index (χ1) is 31.7. The van der Waals surface area contributed by atoms with E-state index in [2.05, 4.69) is 51.6 Å². The average Bonchev–Trinajstić information content (AvgIpc) is 3.35. The minimum Gasteiger partial charge on any atom is -0.480 e. The molecule has 2 amide bonds. The van der Waals surface area contributed by atoms with Crippen LogP contribution in [-0.2, 0) is 40.3 Å². The molecule has 10 heteroatoms. The third-order valence-electron chi connectivity index (χ3n) is 10.8. The molecule has 0 aliphatic rings. The quantitative estimate of drug-likeness (QED) is 0.0604. The molecule has 65 heavy (non-hydrogen) atoms. The summed E-state index contributed by atoms with van der Waals surface area (Å²) >= 11 is 0. The number of carboxylic acid groups (broad SMARTS) is 1. The summed E-state index contributed by atoms with van der Waals surface area (Å²) in [6, 6.07) is 60.4. The Kier molecular flexibility index (Phi) is 15.3. The molecule has 0 saturated carbocycles. The molecular formula is C55H50N4O6. The number of fused-ring (bicyclic) bond motifs is 2. The van der Waals surface area contributed by atoms with Crippen molar-refractivity contribution in [2.75, 3.05) is 17.7 Å². The number of carbonyl (C=O) groups excluding carboxylic acids is 3. The lowest BCUT2D eigenvalue weighted by molar-refractivity contribution is -0.143. The number of hydrogen-bond donors (Lipinski definition) is 5. The zero-order chi connectivity index (χ0) is 45.4. The van der Waals surface area contributed by atoms with Crippen molar-refractivity contribution < 1.29 is 29.0 Å². The highest BCUT2D eigenvalue weighted by Crippen LogP contribution is 2.23. The zero-order valence-corrected chi connectivity index (χ0v) is 35.9. The van der Waals surface area contributed by atoms with Crippen LogP contribution in [0.25, 0.3) is 21.5 Å². The van der Waals surface area contributed by atoms with Gasteiger partial charge in [-0.25, -0.2) is 9.59 Å². The van der Waals surface area contributed by atoms with Gasteiger partial charge >= 0.3 is 11.9 Å². The number of esters is 1. The largest absolute Gasteiger partial charge is 0.480 e. The normalized spacial score (nSPS) is 11.6. The molecule has 0 heterocycles. The van der Waals surface area contributed by atoms with Gasteiger partial charge in [-0.2, -0.15) is 0 Å². The van der Waals surface area contributed by atoms with E-state index in [0.29, 0.717) is 17.5 Å². The Morgan fingerprint density at radius 3 is 1.20 bits per heavy atom.